The van der Waals surface area contributed by atoms with Gasteiger partial charge in [-0.1, -0.05) is 127 Å². The number of hydrogen-bond donors (Lipinski definition) is 0. The molecule has 9 aromatic carbocycles. The van der Waals surface area contributed by atoms with Crippen molar-refractivity contribution in [1.82, 2.24) is 9.13 Å². The largest absolute Gasteiger partial charge is 0.309 e. The number of benzene rings is 9. The van der Waals surface area contributed by atoms with Gasteiger partial charge in [0.25, 0.3) is 0 Å². The van der Waals surface area contributed by atoms with E-state index in [4.69, 9.17) is 0 Å². The molecule has 2 aromatic heterocycles. The molecule has 0 bridgehead atoms. The summed E-state index contributed by atoms with van der Waals surface area (Å²) in [5.74, 6) is 0. The predicted octanol–water partition coefficient (Wildman–Crippen LogP) is 13.5. The van der Waals surface area contributed by atoms with Crippen LogP contribution in [0.2, 0.25) is 0 Å². The standard InChI is InChI=1S/C50H32N2/c1-3-12-37-29-41(24-20-33(37)10-1)51-47-18-7-5-16-43(47)45-31-39(22-26-49(45)51)35-14-9-15-36(28-35)40-23-27-50-46(32-40)44-17-6-8-19-48(44)52(50)42-25-21-34-11-2-4-13-38(34)30-42/h1-32H. The second kappa shape index (κ2) is 11.3. The average molecular weight is 661 g/mol. The minimum Gasteiger partial charge on any atom is -0.309 e. The molecule has 0 spiro atoms. The highest BCUT2D eigenvalue weighted by Crippen LogP contribution is 2.38. The van der Waals surface area contributed by atoms with Crippen molar-refractivity contribution in [3.63, 3.8) is 0 Å². The van der Waals surface area contributed by atoms with E-state index in [1.807, 2.05) is 0 Å². The topological polar surface area (TPSA) is 9.86 Å². The van der Waals surface area contributed by atoms with E-state index >= 15 is 0 Å². The number of para-hydroxylation sites is 2. The molecular weight excluding hydrogens is 629 g/mol. The van der Waals surface area contributed by atoms with Crippen LogP contribution in [0.1, 0.15) is 0 Å². The van der Waals surface area contributed by atoms with Gasteiger partial charge in [0.1, 0.15) is 0 Å². The Morgan fingerprint density at radius 1 is 0.231 bits per heavy atom. The zero-order valence-electron chi connectivity index (χ0n) is 28.4. The molecule has 0 aliphatic heterocycles. The Labute approximate surface area is 301 Å². The van der Waals surface area contributed by atoms with Crippen molar-refractivity contribution in [2.45, 2.75) is 0 Å². The molecule has 0 saturated carbocycles. The first-order valence-electron chi connectivity index (χ1n) is 17.9. The highest BCUT2D eigenvalue weighted by molar-refractivity contribution is 6.12. The molecule has 0 amide bonds. The molecule has 0 fully saturated rings. The number of rotatable bonds is 4. The van der Waals surface area contributed by atoms with E-state index in [-0.39, 0.29) is 0 Å². The van der Waals surface area contributed by atoms with E-state index in [9.17, 15) is 0 Å². The lowest BCUT2D eigenvalue weighted by Gasteiger charge is -2.11. The first-order valence-corrected chi connectivity index (χ1v) is 17.9. The van der Waals surface area contributed by atoms with E-state index in [0.29, 0.717) is 0 Å². The Kier molecular flexibility index (Phi) is 6.28. The second-order valence-corrected chi connectivity index (χ2v) is 13.8. The lowest BCUT2D eigenvalue weighted by molar-refractivity contribution is 1.19. The molecule has 0 aliphatic rings. The monoisotopic (exact) mass is 660 g/mol. The van der Waals surface area contributed by atoms with Crippen LogP contribution >= 0.6 is 0 Å². The number of fused-ring (bicyclic) bond motifs is 8. The van der Waals surface area contributed by atoms with Gasteiger partial charge >= 0.3 is 0 Å². The van der Waals surface area contributed by atoms with Gasteiger partial charge in [-0.15, -0.1) is 0 Å². The molecule has 0 saturated heterocycles. The molecule has 52 heavy (non-hydrogen) atoms. The van der Waals surface area contributed by atoms with Crippen molar-refractivity contribution in [3.05, 3.63) is 194 Å². The summed E-state index contributed by atoms with van der Waals surface area (Å²) in [5, 5.41) is 10.0. The van der Waals surface area contributed by atoms with Crippen molar-refractivity contribution >= 4 is 65.2 Å². The summed E-state index contributed by atoms with van der Waals surface area (Å²) in [4.78, 5) is 0. The van der Waals surface area contributed by atoms with Crippen LogP contribution in [-0.2, 0) is 0 Å². The number of aromatic nitrogens is 2. The fraction of sp³-hybridized carbons (Fsp3) is 0. The molecule has 11 aromatic rings. The quantitative estimate of drug-likeness (QED) is 0.178. The van der Waals surface area contributed by atoms with E-state index in [1.54, 1.807) is 0 Å². The van der Waals surface area contributed by atoms with Crippen molar-refractivity contribution in [2.75, 3.05) is 0 Å². The van der Waals surface area contributed by atoms with Gasteiger partial charge in [-0.05, 0) is 111 Å². The molecule has 2 heteroatoms. The first kappa shape index (κ1) is 28.9. The average Bonchev–Trinajstić information content (AvgIpc) is 3.73. The summed E-state index contributed by atoms with van der Waals surface area (Å²) in [6.07, 6.45) is 0. The van der Waals surface area contributed by atoms with E-state index in [2.05, 4.69) is 203 Å². The summed E-state index contributed by atoms with van der Waals surface area (Å²) in [5.41, 5.74) is 12.1. The molecule has 0 aliphatic carbocycles. The van der Waals surface area contributed by atoms with Crippen molar-refractivity contribution in [2.24, 2.45) is 0 Å². The molecule has 0 radical (unpaired) electrons. The third-order valence-electron chi connectivity index (χ3n) is 10.9. The van der Waals surface area contributed by atoms with E-state index in [0.717, 1.165) is 0 Å². The van der Waals surface area contributed by atoms with Crippen LogP contribution in [0, 0.1) is 0 Å². The van der Waals surface area contributed by atoms with Gasteiger partial charge in [0.15, 0.2) is 0 Å². The minimum atomic E-state index is 1.18. The van der Waals surface area contributed by atoms with Crippen LogP contribution in [-0.4, -0.2) is 9.13 Å². The zero-order valence-corrected chi connectivity index (χ0v) is 28.4. The van der Waals surface area contributed by atoms with Gasteiger partial charge in [-0.2, -0.15) is 0 Å². The molecule has 11 rings (SSSR count). The third kappa shape index (κ3) is 4.44. The summed E-state index contributed by atoms with van der Waals surface area (Å²) < 4.78 is 4.81. The molecule has 2 nitrogen and oxygen atoms in total. The number of nitrogens with zero attached hydrogens (tertiary/aromatic N) is 2. The maximum Gasteiger partial charge on any atom is 0.0541 e. The SMILES string of the molecule is c1cc(-c2ccc3c(c2)c2ccccc2n3-c2ccc3ccccc3c2)cc(-c2ccc3c(c2)c2ccccc2n3-c2ccc3ccccc3c2)c1. The van der Waals surface area contributed by atoms with Crippen molar-refractivity contribution in [3.8, 4) is 33.6 Å². The fourth-order valence-corrected chi connectivity index (χ4v) is 8.37. The van der Waals surface area contributed by atoms with Gasteiger partial charge in [0.05, 0.1) is 22.1 Å². The maximum atomic E-state index is 2.40. The third-order valence-corrected chi connectivity index (χ3v) is 10.9. The van der Waals surface area contributed by atoms with Gasteiger partial charge in [0.2, 0.25) is 0 Å². The Bertz CT molecular complexity index is 2980. The van der Waals surface area contributed by atoms with E-state index in [1.165, 1.54) is 98.8 Å². The minimum absolute atomic E-state index is 1.18. The molecule has 2 heterocycles. The van der Waals surface area contributed by atoms with E-state index < -0.39 is 0 Å². The molecular formula is C50H32N2. The van der Waals surface area contributed by atoms with Crippen LogP contribution in [0.25, 0.3) is 98.8 Å². The molecule has 242 valence electrons. The Morgan fingerprint density at radius 3 is 1.13 bits per heavy atom. The van der Waals surface area contributed by atoms with Crippen LogP contribution in [0.4, 0.5) is 0 Å². The van der Waals surface area contributed by atoms with Crippen molar-refractivity contribution < 1.29 is 0 Å². The zero-order chi connectivity index (χ0) is 34.2. The molecule has 0 atom stereocenters. The molecule has 0 unspecified atom stereocenters. The highest BCUT2D eigenvalue weighted by atomic mass is 15.0. The molecule has 0 N–H and O–H groups in total. The fourth-order valence-electron chi connectivity index (χ4n) is 8.37. The lowest BCUT2D eigenvalue weighted by Crippen LogP contribution is -1.94. The second-order valence-electron chi connectivity index (χ2n) is 13.8. The van der Waals surface area contributed by atoms with Crippen LogP contribution < -0.4 is 0 Å². The summed E-state index contributed by atoms with van der Waals surface area (Å²) in [6, 6.07) is 71.1. The maximum absolute atomic E-state index is 2.40. The van der Waals surface area contributed by atoms with Crippen molar-refractivity contribution in [1.29, 1.82) is 0 Å². The van der Waals surface area contributed by atoms with Gasteiger partial charge in [-0.25, -0.2) is 0 Å². The van der Waals surface area contributed by atoms with Crippen LogP contribution in [0.15, 0.2) is 194 Å². The predicted molar refractivity (Wildman–Crippen MR) is 221 cm³/mol. The highest BCUT2D eigenvalue weighted by Gasteiger charge is 2.16. The number of hydrogen-bond acceptors (Lipinski definition) is 0. The lowest BCUT2D eigenvalue weighted by atomic mass is 9.97. The van der Waals surface area contributed by atoms with Gasteiger partial charge < -0.3 is 9.13 Å². The summed E-state index contributed by atoms with van der Waals surface area (Å²) in [7, 11) is 0. The van der Waals surface area contributed by atoms with Crippen LogP contribution in [0.5, 0.6) is 0 Å². The normalized spacial score (nSPS) is 11.8. The summed E-state index contributed by atoms with van der Waals surface area (Å²) in [6.45, 7) is 0. The Balaban J connectivity index is 1.03. The van der Waals surface area contributed by atoms with Gasteiger partial charge in [0, 0.05) is 32.9 Å². The Hall–Kier alpha value is -6.90. The van der Waals surface area contributed by atoms with Crippen LogP contribution in [0.3, 0.4) is 0 Å². The Morgan fingerprint density at radius 2 is 0.635 bits per heavy atom. The summed E-state index contributed by atoms with van der Waals surface area (Å²) >= 11 is 0. The smallest absolute Gasteiger partial charge is 0.0541 e. The van der Waals surface area contributed by atoms with Gasteiger partial charge in [-0.3, -0.25) is 0 Å². The first-order chi connectivity index (χ1) is 25.8.